The van der Waals surface area contributed by atoms with E-state index in [-0.39, 0.29) is 15.5 Å². The number of hydrogen-bond donors (Lipinski definition) is 2. The second-order valence-electron chi connectivity index (χ2n) is 5.34. The highest BCUT2D eigenvalue weighted by Crippen LogP contribution is 2.22. The van der Waals surface area contributed by atoms with Gasteiger partial charge in [0.25, 0.3) is 5.91 Å². The van der Waals surface area contributed by atoms with Crippen LogP contribution in [-0.2, 0) is 19.6 Å². The third-order valence-electron chi connectivity index (χ3n) is 3.39. The van der Waals surface area contributed by atoms with E-state index in [1.54, 1.807) is 12.1 Å². The largest absolute Gasteiger partial charge is 0.452 e. The Bertz CT molecular complexity index is 927. The summed E-state index contributed by atoms with van der Waals surface area (Å²) < 4.78 is 30.8. The summed E-state index contributed by atoms with van der Waals surface area (Å²) in [6.07, 6.45) is 0. The van der Waals surface area contributed by atoms with Crippen molar-refractivity contribution in [3.63, 3.8) is 0 Å². The molecule has 138 valence electrons. The number of carbonyl (C=O) groups excluding carboxylic acids is 2. The molecule has 9 heteroatoms. The Labute approximate surface area is 156 Å². The molecule has 0 bridgehead atoms. The number of hydrogen-bond acceptors (Lipinski definition) is 5. The maximum absolute atomic E-state index is 12.1. The van der Waals surface area contributed by atoms with Crippen LogP contribution in [0.1, 0.15) is 15.9 Å². The Morgan fingerprint density at radius 3 is 2.38 bits per heavy atom. The van der Waals surface area contributed by atoms with Gasteiger partial charge in [0.1, 0.15) is 4.90 Å². The molecule has 26 heavy (non-hydrogen) atoms. The van der Waals surface area contributed by atoms with Crippen LogP contribution in [0.4, 0.5) is 5.69 Å². The molecule has 2 aromatic carbocycles. The number of esters is 1. The van der Waals surface area contributed by atoms with Gasteiger partial charge in [-0.25, -0.2) is 17.9 Å². The van der Waals surface area contributed by atoms with Gasteiger partial charge in [0, 0.05) is 5.69 Å². The maximum atomic E-state index is 12.1. The average molecular weight is 397 g/mol. The zero-order valence-electron chi connectivity index (χ0n) is 14.1. The van der Waals surface area contributed by atoms with Crippen molar-refractivity contribution in [2.45, 2.75) is 11.8 Å². The lowest BCUT2D eigenvalue weighted by molar-refractivity contribution is -0.119. The number of nitrogens with one attached hydrogen (secondary N) is 2. The van der Waals surface area contributed by atoms with Crippen LogP contribution in [0.5, 0.6) is 0 Å². The van der Waals surface area contributed by atoms with Crippen molar-refractivity contribution in [2.24, 2.45) is 0 Å². The molecule has 2 N–H and O–H groups in total. The van der Waals surface area contributed by atoms with E-state index in [9.17, 15) is 18.0 Å². The summed E-state index contributed by atoms with van der Waals surface area (Å²) in [7, 11) is -2.60. The number of anilines is 1. The number of amides is 1. The summed E-state index contributed by atoms with van der Waals surface area (Å²) in [4.78, 5) is 23.7. The molecule has 0 aliphatic rings. The zero-order chi connectivity index (χ0) is 19.3. The summed E-state index contributed by atoms with van der Waals surface area (Å²) in [5.74, 6) is -1.35. The van der Waals surface area contributed by atoms with Gasteiger partial charge in [0.2, 0.25) is 10.0 Å². The van der Waals surface area contributed by atoms with E-state index in [1.807, 2.05) is 19.1 Å². The third-order valence-corrected chi connectivity index (χ3v) is 5.29. The van der Waals surface area contributed by atoms with E-state index >= 15 is 0 Å². The first kappa shape index (κ1) is 19.9. The van der Waals surface area contributed by atoms with Gasteiger partial charge in [-0.05, 0) is 44.3 Å². The fourth-order valence-corrected chi connectivity index (χ4v) is 3.24. The van der Waals surface area contributed by atoms with E-state index in [0.717, 1.165) is 11.6 Å². The first-order chi connectivity index (χ1) is 12.2. The highest BCUT2D eigenvalue weighted by molar-refractivity contribution is 7.89. The van der Waals surface area contributed by atoms with Crippen LogP contribution in [0.15, 0.2) is 47.4 Å². The van der Waals surface area contributed by atoms with Crippen LogP contribution in [-0.4, -0.2) is 33.9 Å². The molecule has 0 fully saturated rings. The smallest absolute Gasteiger partial charge is 0.338 e. The Hall–Kier alpha value is -2.42. The molecule has 0 aliphatic heterocycles. The van der Waals surface area contributed by atoms with E-state index in [2.05, 4.69) is 10.0 Å². The van der Waals surface area contributed by atoms with Gasteiger partial charge in [-0.2, -0.15) is 0 Å². The van der Waals surface area contributed by atoms with Gasteiger partial charge < -0.3 is 10.1 Å². The summed E-state index contributed by atoms with van der Waals surface area (Å²) in [6.45, 7) is 1.41. The predicted molar refractivity (Wildman–Crippen MR) is 97.8 cm³/mol. The van der Waals surface area contributed by atoms with Gasteiger partial charge in [0.15, 0.2) is 6.61 Å². The van der Waals surface area contributed by atoms with E-state index < -0.39 is 28.5 Å². The molecule has 0 heterocycles. The lowest BCUT2D eigenvalue weighted by Crippen LogP contribution is -2.22. The first-order valence-corrected chi connectivity index (χ1v) is 9.36. The highest BCUT2D eigenvalue weighted by atomic mass is 35.5. The van der Waals surface area contributed by atoms with Gasteiger partial charge in [-0.3, -0.25) is 4.79 Å². The fraction of sp³-hybridized carbons (Fsp3) is 0.176. The van der Waals surface area contributed by atoms with Crippen molar-refractivity contribution in [1.82, 2.24) is 4.72 Å². The number of benzene rings is 2. The maximum Gasteiger partial charge on any atom is 0.338 e. The minimum atomic E-state index is -3.83. The van der Waals surface area contributed by atoms with Crippen LogP contribution < -0.4 is 10.0 Å². The topological polar surface area (TPSA) is 102 Å². The molecule has 0 radical (unpaired) electrons. The highest BCUT2D eigenvalue weighted by Gasteiger charge is 2.19. The predicted octanol–water partition coefficient (Wildman–Crippen LogP) is 2.35. The summed E-state index contributed by atoms with van der Waals surface area (Å²) >= 11 is 5.86. The number of aryl methyl sites for hydroxylation is 1. The van der Waals surface area contributed by atoms with Crippen molar-refractivity contribution < 1.29 is 22.7 Å². The van der Waals surface area contributed by atoms with Crippen LogP contribution in [0.2, 0.25) is 5.02 Å². The Morgan fingerprint density at radius 2 is 1.77 bits per heavy atom. The van der Waals surface area contributed by atoms with Crippen molar-refractivity contribution in [3.05, 3.63) is 58.6 Å². The minimum Gasteiger partial charge on any atom is -0.452 e. The summed E-state index contributed by atoms with van der Waals surface area (Å²) in [5.41, 5.74) is 1.58. The van der Waals surface area contributed by atoms with Gasteiger partial charge in [-0.1, -0.05) is 29.3 Å². The van der Waals surface area contributed by atoms with Crippen LogP contribution in [0.3, 0.4) is 0 Å². The molecule has 0 saturated carbocycles. The van der Waals surface area contributed by atoms with Gasteiger partial charge in [0.05, 0.1) is 10.6 Å². The molecule has 2 aromatic rings. The van der Waals surface area contributed by atoms with E-state index in [0.29, 0.717) is 5.69 Å². The van der Waals surface area contributed by atoms with Crippen LogP contribution in [0, 0.1) is 6.92 Å². The lowest BCUT2D eigenvalue weighted by Gasteiger charge is -2.09. The minimum absolute atomic E-state index is 0.0342. The molecular weight excluding hydrogens is 380 g/mol. The molecule has 2 rings (SSSR count). The normalized spacial score (nSPS) is 11.0. The Balaban J connectivity index is 2.02. The number of ether oxygens (including phenoxy) is 1. The molecule has 0 unspecified atom stereocenters. The lowest BCUT2D eigenvalue weighted by atomic mass is 10.2. The molecule has 0 aliphatic carbocycles. The number of sulfonamides is 1. The monoisotopic (exact) mass is 396 g/mol. The van der Waals surface area contributed by atoms with Crippen molar-refractivity contribution in [1.29, 1.82) is 0 Å². The molecule has 0 aromatic heterocycles. The van der Waals surface area contributed by atoms with Crippen molar-refractivity contribution >= 4 is 39.2 Å². The molecule has 7 nitrogen and oxygen atoms in total. The Morgan fingerprint density at radius 1 is 1.12 bits per heavy atom. The average Bonchev–Trinajstić information content (AvgIpc) is 2.62. The van der Waals surface area contributed by atoms with Crippen molar-refractivity contribution in [3.8, 4) is 0 Å². The number of carbonyl (C=O) groups is 2. The zero-order valence-corrected chi connectivity index (χ0v) is 15.6. The van der Waals surface area contributed by atoms with Crippen LogP contribution in [0.25, 0.3) is 0 Å². The standard InChI is InChI=1S/C17H17ClN2O5S/c1-11-3-6-13(7-4-11)20-16(21)10-25-17(22)12-5-8-14(18)15(9-12)26(23,24)19-2/h3-9,19H,10H2,1-2H3,(H,20,21). The van der Waals surface area contributed by atoms with Crippen molar-refractivity contribution in [2.75, 3.05) is 19.0 Å². The third kappa shape index (κ3) is 5.04. The Kier molecular flexibility index (Phi) is 6.36. The molecule has 0 saturated heterocycles. The number of rotatable bonds is 6. The molecule has 0 atom stereocenters. The second-order valence-corrected chi connectivity index (χ2v) is 7.61. The molecule has 0 spiro atoms. The number of halogens is 1. The first-order valence-electron chi connectivity index (χ1n) is 7.49. The fourth-order valence-electron chi connectivity index (χ4n) is 1.99. The van der Waals surface area contributed by atoms with E-state index in [4.69, 9.17) is 16.3 Å². The molecular formula is C17H17ClN2O5S. The van der Waals surface area contributed by atoms with Crippen LogP contribution >= 0.6 is 11.6 Å². The SMILES string of the molecule is CNS(=O)(=O)c1cc(C(=O)OCC(=O)Nc2ccc(C)cc2)ccc1Cl. The second kappa shape index (κ2) is 8.31. The quantitative estimate of drug-likeness (QED) is 0.730. The summed E-state index contributed by atoms with van der Waals surface area (Å²) in [5, 5.41) is 2.55. The summed E-state index contributed by atoms with van der Waals surface area (Å²) in [6, 6.07) is 10.8. The van der Waals surface area contributed by atoms with E-state index in [1.165, 1.54) is 19.2 Å². The molecule has 1 amide bonds. The van der Waals surface area contributed by atoms with Gasteiger partial charge >= 0.3 is 5.97 Å². The van der Waals surface area contributed by atoms with Gasteiger partial charge in [-0.15, -0.1) is 0 Å².